The van der Waals surface area contributed by atoms with Crippen molar-refractivity contribution in [2.45, 2.75) is 35.7 Å². The largest absolute Gasteiger partial charge is 0.379 e. The van der Waals surface area contributed by atoms with Gasteiger partial charge in [0, 0.05) is 25.2 Å². The fourth-order valence-electron chi connectivity index (χ4n) is 3.68. The van der Waals surface area contributed by atoms with Crippen molar-refractivity contribution in [3.63, 3.8) is 0 Å². The molecule has 4 rings (SSSR count). The highest BCUT2D eigenvalue weighted by Gasteiger charge is 2.27. The molecule has 33 heavy (non-hydrogen) atoms. The van der Waals surface area contributed by atoms with Gasteiger partial charge in [-0.15, -0.1) is 0 Å². The van der Waals surface area contributed by atoms with E-state index in [2.05, 4.69) is 4.98 Å². The summed E-state index contributed by atoms with van der Waals surface area (Å²) in [5, 5.41) is -0.0784. The van der Waals surface area contributed by atoms with Crippen LogP contribution in [0.4, 0.5) is 8.78 Å². The Bertz CT molecular complexity index is 1300. The Hall–Kier alpha value is -2.34. The molecule has 1 saturated heterocycles. The van der Waals surface area contributed by atoms with Crippen LogP contribution in [0.15, 0.2) is 46.5 Å². The standard InChI is InChI=1S/C22H23F2N3O4S2/c1-3-27-20-7-5-16(33(29,30)26-8-10-31-11-9-26)13-19(20)25-22(27)32-14(2)21(28)15-4-6-17(23)18(24)12-15/h4-7,12-14H,3,8-11H2,1-2H3. The summed E-state index contributed by atoms with van der Waals surface area (Å²) in [5.74, 6) is -2.44. The fraction of sp³-hybridized carbons (Fsp3) is 0.364. The van der Waals surface area contributed by atoms with Gasteiger partial charge in [-0.3, -0.25) is 4.79 Å². The van der Waals surface area contributed by atoms with Gasteiger partial charge in [0.05, 0.1) is 34.4 Å². The third-order valence-corrected chi connectivity index (χ3v) is 8.45. The van der Waals surface area contributed by atoms with Gasteiger partial charge in [0.1, 0.15) is 0 Å². The summed E-state index contributed by atoms with van der Waals surface area (Å²) >= 11 is 1.18. The van der Waals surface area contributed by atoms with Gasteiger partial charge in [-0.2, -0.15) is 4.31 Å². The van der Waals surface area contributed by atoms with E-state index in [0.717, 1.165) is 17.6 Å². The van der Waals surface area contributed by atoms with Crippen LogP contribution >= 0.6 is 11.8 Å². The Morgan fingerprint density at radius 1 is 1.15 bits per heavy atom. The van der Waals surface area contributed by atoms with Gasteiger partial charge in [-0.25, -0.2) is 22.2 Å². The molecule has 1 unspecified atom stereocenters. The molecule has 2 aromatic carbocycles. The summed E-state index contributed by atoms with van der Waals surface area (Å²) in [7, 11) is -3.67. The molecule has 7 nitrogen and oxygen atoms in total. The molecule has 11 heteroatoms. The van der Waals surface area contributed by atoms with Crippen molar-refractivity contribution >= 4 is 38.6 Å². The van der Waals surface area contributed by atoms with Crippen molar-refractivity contribution < 1.29 is 26.7 Å². The second-order valence-electron chi connectivity index (χ2n) is 7.56. The van der Waals surface area contributed by atoms with E-state index >= 15 is 0 Å². The molecular formula is C22H23F2N3O4S2. The van der Waals surface area contributed by atoms with Crippen LogP contribution in [-0.4, -0.2) is 59.6 Å². The lowest BCUT2D eigenvalue weighted by molar-refractivity contribution is 0.0730. The second-order valence-corrected chi connectivity index (χ2v) is 10.8. The zero-order chi connectivity index (χ0) is 23.8. The predicted octanol–water partition coefficient (Wildman–Crippen LogP) is 3.72. The lowest BCUT2D eigenvalue weighted by Crippen LogP contribution is -2.40. The number of Topliss-reactive ketones (excluding diaryl/α,β-unsaturated/α-hetero) is 1. The Balaban J connectivity index is 1.62. The van der Waals surface area contributed by atoms with E-state index in [0.29, 0.717) is 43.5 Å². The molecule has 0 spiro atoms. The Morgan fingerprint density at radius 2 is 1.88 bits per heavy atom. The van der Waals surface area contributed by atoms with Crippen molar-refractivity contribution in [3.05, 3.63) is 53.6 Å². The average Bonchev–Trinajstić information content (AvgIpc) is 3.16. The highest BCUT2D eigenvalue weighted by atomic mass is 32.2. The Labute approximate surface area is 194 Å². The van der Waals surface area contributed by atoms with Gasteiger partial charge < -0.3 is 9.30 Å². The van der Waals surface area contributed by atoms with Crippen LogP contribution in [0.3, 0.4) is 0 Å². The number of aromatic nitrogens is 2. The molecule has 0 N–H and O–H groups in total. The molecule has 1 aromatic heterocycles. The lowest BCUT2D eigenvalue weighted by atomic mass is 10.1. The number of nitrogens with zero attached hydrogens (tertiary/aromatic N) is 3. The number of carbonyl (C=O) groups is 1. The van der Waals surface area contributed by atoms with E-state index in [9.17, 15) is 22.0 Å². The monoisotopic (exact) mass is 495 g/mol. The van der Waals surface area contributed by atoms with Crippen LogP contribution in [0.1, 0.15) is 24.2 Å². The molecule has 3 aromatic rings. The first-order valence-corrected chi connectivity index (χ1v) is 12.8. The van der Waals surface area contributed by atoms with Gasteiger partial charge >= 0.3 is 0 Å². The minimum Gasteiger partial charge on any atom is -0.379 e. The maximum absolute atomic E-state index is 13.5. The first-order chi connectivity index (χ1) is 15.7. The number of fused-ring (bicyclic) bond motifs is 1. The van der Waals surface area contributed by atoms with Crippen LogP contribution in [0.25, 0.3) is 11.0 Å². The normalized spacial score (nSPS) is 16.2. The highest BCUT2D eigenvalue weighted by Crippen LogP contribution is 2.31. The zero-order valence-corrected chi connectivity index (χ0v) is 19.8. The SMILES string of the molecule is CCn1c(SC(C)C(=O)c2ccc(F)c(F)c2)nc2cc(S(=O)(=O)N3CCOCC3)ccc21. The molecule has 0 amide bonds. The van der Waals surface area contributed by atoms with E-state index < -0.39 is 26.9 Å². The third kappa shape index (κ3) is 4.68. The summed E-state index contributed by atoms with van der Waals surface area (Å²) < 4.78 is 61.3. The number of imidazole rings is 1. The lowest BCUT2D eigenvalue weighted by Gasteiger charge is -2.26. The van der Waals surface area contributed by atoms with Crippen molar-refractivity contribution in [3.8, 4) is 0 Å². The summed E-state index contributed by atoms with van der Waals surface area (Å²) in [6, 6.07) is 7.88. The van der Waals surface area contributed by atoms with Gasteiger partial charge in [-0.1, -0.05) is 11.8 Å². The molecule has 176 valence electrons. The van der Waals surface area contributed by atoms with Crippen LogP contribution in [0.2, 0.25) is 0 Å². The molecule has 1 fully saturated rings. The smallest absolute Gasteiger partial charge is 0.243 e. The van der Waals surface area contributed by atoms with Gasteiger partial charge in [0.2, 0.25) is 10.0 Å². The summed E-state index contributed by atoms with van der Waals surface area (Å²) in [6.45, 7) is 5.46. The number of carbonyl (C=O) groups excluding carboxylic acids is 1. The van der Waals surface area contributed by atoms with E-state index in [1.807, 2.05) is 11.5 Å². The molecule has 2 heterocycles. The maximum atomic E-state index is 13.5. The average molecular weight is 496 g/mol. The number of morpholine rings is 1. The Morgan fingerprint density at radius 3 is 2.55 bits per heavy atom. The Kier molecular flexibility index (Phi) is 6.85. The van der Waals surface area contributed by atoms with Gasteiger partial charge in [0.25, 0.3) is 0 Å². The van der Waals surface area contributed by atoms with E-state index in [1.54, 1.807) is 19.1 Å². The van der Waals surface area contributed by atoms with E-state index in [-0.39, 0.29) is 16.2 Å². The zero-order valence-electron chi connectivity index (χ0n) is 18.1. The topological polar surface area (TPSA) is 81.5 Å². The van der Waals surface area contributed by atoms with Crippen LogP contribution in [-0.2, 0) is 21.3 Å². The molecule has 1 aliphatic heterocycles. The summed E-state index contributed by atoms with van der Waals surface area (Å²) in [6.07, 6.45) is 0. The second kappa shape index (κ2) is 9.49. The molecule has 1 aliphatic rings. The number of ketones is 1. The number of halogens is 2. The number of hydrogen-bond donors (Lipinski definition) is 0. The molecule has 0 aliphatic carbocycles. The van der Waals surface area contributed by atoms with E-state index in [1.165, 1.54) is 28.2 Å². The number of rotatable bonds is 7. The summed E-state index contributed by atoms with van der Waals surface area (Å²) in [4.78, 5) is 17.5. The predicted molar refractivity (Wildman–Crippen MR) is 121 cm³/mol. The van der Waals surface area contributed by atoms with Crippen LogP contribution in [0, 0.1) is 11.6 Å². The van der Waals surface area contributed by atoms with Crippen molar-refractivity contribution in [2.24, 2.45) is 0 Å². The fourth-order valence-corrected chi connectivity index (χ4v) is 6.17. The molecule has 0 bridgehead atoms. The molecule has 1 atom stereocenters. The third-order valence-electron chi connectivity index (χ3n) is 5.46. The maximum Gasteiger partial charge on any atom is 0.243 e. The number of thioether (sulfide) groups is 1. The minimum atomic E-state index is -3.67. The number of sulfonamides is 1. The first kappa shape index (κ1) is 23.8. The number of hydrogen-bond acceptors (Lipinski definition) is 6. The highest BCUT2D eigenvalue weighted by molar-refractivity contribution is 8.00. The van der Waals surface area contributed by atoms with Crippen molar-refractivity contribution in [1.29, 1.82) is 0 Å². The minimum absolute atomic E-state index is 0.0759. The molecule has 0 radical (unpaired) electrons. The number of benzene rings is 2. The van der Waals surface area contributed by atoms with Crippen LogP contribution in [0.5, 0.6) is 0 Å². The quantitative estimate of drug-likeness (QED) is 0.367. The summed E-state index contributed by atoms with van der Waals surface area (Å²) in [5.41, 5.74) is 1.32. The van der Waals surface area contributed by atoms with E-state index in [4.69, 9.17) is 4.74 Å². The first-order valence-electron chi connectivity index (χ1n) is 10.5. The van der Waals surface area contributed by atoms with Gasteiger partial charge in [-0.05, 0) is 50.2 Å². The van der Waals surface area contributed by atoms with Crippen molar-refractivity contribution in [2.75, 3.05) is 26.3 Å². The molecular weight excluding hydrogens is 472 g/mol. The van der Waals surface area contributed by atoms with Crippen molar-refractivity contribution in [1.82, 2.24) is 13.9 Å². The number of aryl methyl sites for hydroxylation is 1. The molecule has 0 saturated carbocycles. The van der Waals surface area contributed by atoms with Gasteiger partial charge in [0.15, 0.2) is 22.6 Å². The number of ether oxygens (including phenoxy) is 1. The van der Waals surface area contributed by atoms with Crippen LogP contribution < -0.4 is 0 Å².